The molecule has 0 aliphatic carbocycles. The molecule has 1 saturated heterocycles. The number of halogens is 3. The van der Waals surface area contributed by atoms with E-state index in [9.17, 15) is 0 Å². The second-order valence-corrected chi connectivity index (χ2v) is 7.35. The smallest absolute Gasteiger partial charge is 0.165 e. The first-order valence-electron chi connectivity index (χ1n) is 7.82. The Hall–Kier alpha value is -1.13. The minimum atomic E-state index is 0.196. The fourth-order valence-electron chi connectivity index (χ4n) is 3.58. The largest absolute Gasteiger partial charge is 0.493 e. The lowest BCUT2D eigenvalue weighted by molar-refractivity contribution is 0.168. The SMILES string of the molecule is COc1cc(-c2c(Cl)cc(Cl)cc2Cl)cc2c1OC1CCNC[C@@H]21. The molecule has 3 nitrogen and oxygen atoms in total. The van der Waals surface area contributed by atoms with Crippen LogP contribution in [-0.2, 0) is 0 Å². The van der Waals surface area contributed by atoms with Crippen molar-refractivity contribution in [3.8, 4) is 22.6 Å². The van der Waals surface area contributed by atoms with Crippen LogP contribution in [0.1, 0.15) is 17.9 Å². The van der Waals surface area contributed by atoms with Crippen LogP contribution in [0.3, 0.4) is 0 Å². The highest BCUT2D eigenvalue weighted by Gasteiger charge is 2.38. The molecule has 2 aliphatic rings. The quantitative estimate of drug-likeness (QED) is 0.775. The summed E-state index contributed by atoms with van der Waals surface area (Å²) >= 11 is 18.8. The molecule has 0 radical (unpaired) electrons. The predicted octanol–water partition coefficient (Wildman–Crippen LogP) is 5.16. The van der Waals surface area contributed by atoms with Gasteiger partial charge in [0.25, 0.3) is 0 Å². The average molecular weight is 385 g/mol. The van der Waals surface area contributed by atoms with Crippen molar-refractivity contribution < 1.29 is 9.47 Å². The Kier molecular flexibility index (Phi) is 4.29. The Morgan fingerprint density at radius 2 is 1.88 bits per heavy atom. The number of piperidine rings is 1. The van der Waals surface area contributed by atoms with Crippen molar-refractivity contribution in [1.82, 2.24) is 5.32 Å². The Morgan fingerprint density at radius 1 is 1.12 bits per heavy atom. The average Bonchev–Trinajstić information content (AvgIpc) is 2.92. The van der Waals surface area contributed by atoms with Gasteiger partial charge in [-0.3, -0.25) is 0 Å². The van der Waals surface area contributed by atoms with E-state index in [-0.39, 0.29) is 6.10 Å². The number of methoxy groups -OCH3 is 1. The summed E-state index contributed by atoms with van der Waals surface area (Å²) in [5, 5.41) is 4.99. The van der Waals surface area contributed by atoms with Crippen LogP contribution in [0.5, 0.6) is 11.5 Å². The summed E-state index contributed by atoms with van der Waals surface area (Å²) in [4.78, 5) is 0. The Balaban J connectivity index is 1.88. The fourth-order valence-corrected chi connectivity index (χ4v) is 4.61. The summed E-state index contributed by atoms with van der Waals surface area (Å²) in [6, 6.07) is 7.43. The third-order valence-corrected chi connectivity index (χ3v) is 5.50. The molecular formula is C18H16Cl3NO2. The molecule has 0 saturated carbocycles. The van der Waals surface area contributed by atoms with Crippen LogP contribution in [0.25, 0.3) is 11.1 Å². The van der Waals surface area contributed by atoms with E-state index in [4.69, 9.17) is 44.3 Å². The maximum Gasteiger partial charge on any atom is 0.165 e. The van der Waals surface area contributed by atoms with Gasteiger partial charge in [0.1, 0.15) is 6.10 Å². The van der Waals surface area contributed by atoms with E-state index in [1.54, 1.807) is 19.2 Å². The van der Waals surface area contributed by atoms with Gasteiger partial charge in [0.2, 0.25) is 0 Å². The molecule has 2 heterocycles. The van der Waals surface area contributed by atoms with E-state index < -0.39 is 0 Å². The molecule has 2 aromatic rings. The minimum Gasteiger partial charge on any atom is -0.493 e. The monoisotopic (exact) mass is 383 g/mol. The number of benzene rings is 2. The normalized spacial score (nSPS) is 21.8. The van der Waals surface area contributed by atoms with E-state index in [1.165, 1.54) is 0 Å². The molecule has 0 aromatic heterocycles. The number of hydrogen-bond donors (Lipinski definition) is 1. The number of fused-ring (bicyclic) bond motifs is 3. The molecule has 2 atom stereocenters. The third-order valence-electron chi connectivity index (χ3n) is 4.69. The molecule has 6 heteroatoms. The zero-order valence-electron chi connectivity index (χ0n) is 13.0. The maximum absolute atomic E-state index is 6.40. The van der Waals surface area contributed by atoms with Gasteiger partial charge >= 0.3 is 0 Å². The molecular weight excluding hydrogens is 369 g/mol. The van der Waals surface area contributed by atoms with Gasteiger partial charge in [-0.25, -0.2) is 0 Å². The third kappa shape index (κ3) is 2.64. The Labute approximate surface area is 155 Å². The van der Waals surface area contributed by atoms with Gasteiger partial charge in [-0.2, -0.15) is 0 Å². The van der Waals surface area contributed by atoms with E-state index in [0.29, 0.717) is 26.7 Å². The molecule has 1 fully saturated rings. The zero-order chi connectivity index (χ0) is 16.8. The van der Waals surface area contributed by atoms with Crippen molar-refractivity contribution in [3.63, 3.8) is 0 Å². The lowest BCUT2D eigenvalue weighted by atomic mass is 9.89. The van der Waals surface area contributed by atoms with E-state index in [2.05, 4.69) is 11.4 Å². The second kappa shape index (κ2) is 6.30. The van der Waals surface area contributed by atoms with Gasteiger partial charge in [0.05, 0.1) is 17.2 Å². The first kappa shape index (κ1) is 16.3. The highest BCUT2D eigenvalue weighted by Crippen LogP contribution is 2.49. The van der Waals surface area contributed by atoms with Gasteiger partial charge in [0, 0.05) is 28.6 Å². The van der Waals surface area contributed by atoms with Gasteiger partial charge < -0.3 is 14.8 Å². The Morgan fingerprint density at radius 3 is 2.58 bits per heavy atom. The molecule has 126 valence electrons. The second-order valence-electron chi connectivity index (χ2n) is 6.10. The molecule has 2 aromatic carbocycles. The summed E-state index contributed by atoms with van der Waals surface area (Å²) in [7, 11) is 1.65. The van der Waals surface area contributed by atoms with Crippen LogP contribution in [0.2, 0.25) is 15.1 Å². The van der Waals surface area contributed by atoms with Crippen molar-refractivity contribution >= 4 is 34.8 Å². The van der Waals surface area contributed by atoms with Gasteiger partial charge in [0.15, 0.2) is 11.5 Å². The molecule has 0 spiro atoms. The van der Waals surface area contributed by atoms with Crippen LogP contribution in [0, 0.1) is 0 Å². The summed E-state index contributed by atoms with van der Waals surface area (Å²) < 4.78 is 11.7. The summed E-state index contributed by atoms with van der Waals surface area (Å²) in [6.45, 7) is 1.87. The lowest BCUT2D eigenvalue weighted by Gasteiger charge is -2.24. The van der Waals surface area contributed by atoms with Crippen molar-refractivity contribution in [2.24, 2.45) is 0 Å². The fraction of sp³-hybridized carbons (Fsp3) is 0.333. The number of hydrogen-bond acceptors (Lipinski definition) is 3. The van der Waals surface area contributed by atoms with Crippen LogP contribution < -0.4 is 14.8 Å². The molecule has 2 aliphatic heterocycles. The van der Waals surface area contributed by atoms with Crippen LogP contribution >= 0.6 is 34.8 Å². The van der Waals surface area contributed by atoms with Crippen LogP contribution in [0.15, 0.2) is 24.3 Å². The minimum absolute atomic E-state index is 0.196. The van der Waals surface area contributed by atoms with E-state index in [0.717, 1.165) is 42.0 Å². The van der Waals surface area contributed by atoms with Crippen LogP contribution in [-0.4, -0.2) is 26.3 Å². The van der Waals surface area contributed by atoms with E-state index >= 15 is 0 Å². The van der Waals surface area contributed by atoms with Crippen molar-refractivity contribution in [2.45, 2.75) is 18.4 Å². The first-order chi connectivity index (χ1) is 11.6. The predicted molar refractivity (Wildman–Crippen MR) is 98.1 cm³/mol. The zero-order valence-corrected chi connectivity index (χ0v) is 15.3. The van der Waals surface area contributed by atoms with Crippen molar-refractivity contribution in [2.75, 3.05) is 20.2 Å². The number of nitrogens with one attached hydrogen (secondary N) is 1. The summed E-state index contributed by atoms with van der Waals surface area (Å²) in [5.74, 6) is 1.85. The van der Waals surface area contributed by atoms with Crippen molar-refractivity contribution in [1.29, 1.82) is 0 Å². The molecule has 1 N–H and O–H groups in total. The molecule has 0 bridgehead atoms. The summed E-state index contributed by atoms with van der Waals surface area (Å²) in [5.41, 5.74) is 2.81. The Bertz CT molecular complexity index is 786. The number of rotatable bonds is 2. The van der Waals surface area contributed by atoms with E-state index in [1.807, 2.05) is 6.07 Å². The van der Waals surface area contributed by atoms with Gasteiger partial charge in [-0.05, 0) is 42.8 Å². The standard InChI is InChI=1S/C18H16Cl3NO2/c1-23-16-5-9(17-13(20)6-10(19)7-14(17)21)4-11-12-8-22-3-2-15(12)24-18(11)16/h4-7,12,15,22H,2-3,8H2,1H3/t12-,15?/m0/s1. The highest BCUT2D eigenvalue weighted by atomic mass is 35.5. The van der Waals surface area contributed by atoms with Crippen molar-refractivity contribution in [3.05, 3.63) is 44.9 Å². The lowest BCUT2D eigenvalue weighted by Crippen LogP contribution is -2.37. The maximum atomic E-state index is 6.40. The molecule has 0 amide bonds. The van der Waals surface area contributed by atoms with Crippen LogP contribution in [0.4, 0.5) is 0 Å². The number of ether oxygens (including phenoxy) is 2. The molecule has 1 unspecified atom stereocenters. The summed E-state index contributed by atoms with van der Waals surface area (Å²) in [6.07, 6.45) is 1.18. The van der Waals surface area contributed by atoms with Gasteiger partial charge in [-0.1, -0.05) is 34.8 Å². The highest BCUT2D eigenvalue weighted by molar-refractivity contribution is 6.41. The van der Waals surface area contributed by atoms with Gasteiger partial charge in [-0.15, -0.1) is 0 Å². The molecule has 24 heavy (non-hydrogen) atoms. The topological polar surface area (TPSA) is 30.5 Å². The first-order valence-corrected chi connectivity index (χ1v) is 8.96. The molecule has 4 rings (SSSR count).